The van der Waals surface area contributed by atoms with E-state index in [9.17, 15) is 4.79 Å². The number of rotatable bonds is 1. The first-order valence-corrected chi connectivity index (χ1v) is 5.21. The van der Waals surface area contributed by atoms with Gasteiger partial charge in [-0.1, -0.05) is 0 Å². The van der Waals surface area contributed by atoms with Gasteiger partial charge in [0, 0.05) is 18.3 Å². The minimum atomic E-state index is -0.145. The monoisotopic (exact) mass is 220 g/mol. The number of ether oxygens (including phenoxy) is 2. The minimum absolute atomic E-state index is 0.0196. The standard InChI is InChI=1S/C11H12N2O3/c12-4-7-1-6-2-9-10(16-5-15-9)3-8(6)13-11(7)14/h2-3,7H,1,4-5,12H2,(H,13,14). The summed E-state index contributed by atoms with van der Waals surface area (Å²) in [5.74, 6) is 1.26. The molecule has 0 aliphatic carbocycles. The van der Waals surface area contributed by atoms with Crippen molar-refractivity contribution in [1.29, 1.82) is 0 Å². The average molecular weight is 220 g/mol. The molecule has 1 amide bonds. The van der Waals surface area contributed by atoms with E-state index in [1.54, 1.807) is 0 Å². The molecule has 2 aliphatic heterocycles. The molecule has 3 N–H and O–H groups in total. The largest absolute Gasteiger partial charge is 0.454 e. The first-order valence-electron chi connectivity index (χ1n) is 5.21. The van der Waals surface area contributed by atoms with E-state index in [1.165, 1.54) is 0 Å². The van der Waals surface area contributed by atoms with Crippen LogP contribution in [0.2, 0.25) is 0 Å². The number of amides is 1. The van der Waals surface area contributed by atoms with E-state index < -0.39 is 0 Å². The van der Waals surface area contributed by atoms with Gasteiger partial charge in [0.15, 0.2) is 11.5 Å². The third-order valence-electron chi connectivity index (χ3n) is 2.98. The third kappa shape index (κ3) is 1.32. The molecule has 1 atom stereocenters. The van der Waals surface area contributed by atoms with Crippen molar-refractivity contribution in [3.63, 3.8) is 0 Å². The number of nitrogens with two attached hydrogens (primary N) is 1. The quantitative estimate of drug-likeness (QED) is 0.722. The van der Waals surface area contributed by atoms with Crippen molar-refractivity contribution in [2.75, 3.05) is 18.7 Å². The van der Waals surface area contributed by atoms with E-state index in [0.717, 1.165) is 17.0 Å². The highest BCUT2D eigenvalue weighted by Crippen LogP contribution is 2.39. The van der Waals surface area contributed by atoms with Crippen LogP contribution in [0, 0.1) is 5.92 Å². The van der Waals surface area contributed by atoms with Gasteiger partial charge in [-0.05, 0) is 18.1 Å². The Labute approximate surface area is 92.5 Å². The van der Waals surface area contributed by atoms with Crippen molar-refractivity contribution < 1.29 is 14.3 Å². The number of nitrogens with one attached hydrogen (secondary N) is 1. The smallest absolute Gasteiger partial charge is 0.231 e. The van der Waals surface area contributed by atoms with Crippen LogP contribution in [-0.2, 0) is 11.2 Å². The maximum atomic E-state index is 11.6. The molecule has 84 valence electrons. The summed E-state index contributed by atoms with van der Waals surface area (Å²) in [5.41, 5.74) is 7.41. The van der Waals surface area contributed by atoms with Gasteiger partial charge >= 0.3 is 0 Å². The fourth-order valence-electron chi connectivity index (χ4n) is 2.05. The third-order valence-corrected chi connectivity index (χ3v) is 2.98. The molecule has 2 aliphatic rings. The van der Waals surface area contributed by atoms with Crippen LogP contribution in [0.25, 0.3) is 0 Å². The first kappa shape index (κ1) is 9.47. The zero-order valence-electron chi connectivity index (χ0n) is 8.66. The van der Waals surface area contributed by atoms with Crippen molar-refractivity contribution in [3.05, 3.63) is 17.7 Å². The number of hydrogen-bond acceptors (Lipinski definition) is 4. The lowest BCUT2D eigenvalue weighted by atomic mass is 9.93. The van der Waals surface area contributed by atoms with Gasteiger partial charge in [-0.3, -0.25) is 4.79 Å². The summed E-state index contributed by atoms with van der Waals surface area (Å²) in [5, 5.41) is 2.84. The maximum Gasteiger partial charge on any atom is 0.231 e. The number of carbonyl (C=O) groups is 1. The maximum absolute atomic E-state index is 11.6. The van der Waals surface area contributed by atoms with Crippen LogP contribution in [-0.4, -0.2) is 19.2 Å². The number of fused-ring (bicyclic) bond motifs is 2. The first-order chi connectivity index (χ1) is 7.78. The molecule has 0 fully saturated rings. The Balaban J connectivity index is 2.01. The summed E-state index contributed by atoms with van der Waals surface area (Å²) < 4.78 is 10.5. The predicted octanol–water partition coefficient (Wildman–Crippen LogP) is 0.485. The van der Waals surface area contributed by atoms with E-state index in [1.807, 2.05) is 12.1 Å². The van der Waals surface area contributed by atoms with Gasteiger partial charge in [0.05, 0.1) is 5.92 Å². The Hall–Kier alpha value is -1.75. The van der Waals surface area contributed by atoms with Crippen LogP contribution in [0.4, 0.5) is 5.69 Å². The van der Waals surface area contributed by atoms with Gasteiger partial charge in [-0.2, -0.15) is 0 Å². The molecule has 0 radical (unpaired) electrons. The van der Waals surface area contributed by atoms with E-state index in [0.29, 0.717) is 18.7 Å². The Kier molecular flexibility index (Phi) is 2.00. The number of hydrogen-bond donors (Lipinski definition) is 2. The fraction of sp³-hybridized carbons (Fsp3) is 0.364. The summed E-state index contributed by atoms with van der Waals surface area (Å²) in [4.78, 5) is 11.6. The second-order valence-electron chi connectivity index (χ2n) is 3.99. The van der Waals surface area contributed by atoms with Crippen molar-refractivity contribution >= 4 is 11.6 Å². The molecule has 0 saturated carbocycles. The molecule has 16 heavy (non-hydrogen) atoms. The SMILES string of the molecule is NCC1Cc2cc3c(cc2NC1=O)OCO3. The van der Waals surface area contributed by atoms with Crippen LogP contribution in [0.5, 0.6) is 11.5 Å². The van der Waals surface area contributed by atoms with Gasteiger partial charge in [0.2, 0.25) is 12.7 Å². The predicted molar refractivity (Wildman–Crippen MR) is 57.4 cm³/mol. The lowest BCUT2D eigenvalue weighted by molar-refractivity contribution is -0.119. The van der Waals surface area contributed by atoms with Crippen LogP contribution in [0.3, 0.4) is 0 Å². The topological polar surface area (TPSA) is 73.6 Å². The van der Waals surface area contributed by atoms with Gasteiger partial charge in [-0.25, -0.2) is 0 Å². The van der Waals surface area contributed by atoms with E-state index >= 15 is 0 Å². The molecule has 0 spiro atoms. The molecule has 0 aromatic heterocycles. The Morgan fingerprint density at radius 1 is 1.38 bits per heavy atom. The molecule has 5 heteroatoms. The zero-order chi connectivity index (χ0) is 11.1. The molecule has 1 unspecified atom stereocenters. The van der Waals surface area contributed by atoms with Gasteiger partial charge in [0.25, 0.3) is 0 Å². The molecule has 2 heterocycles. The zero-order valence-corrected chi connectivity index (χ0v) is 8.66. The van der Waals surface area contributed by atoms with E-state index in [4.69, 9.17) is 15.2 Å². The molecule has 1 aromatic carbocycles. The highest BCUT2D eigenvalue weighted by atomic mass is 16.7. The van der Waals surface area contributed by atoms with Crippen molar-refractivity contribution in [1.82, 2.24) is 0 Å². The van der Waals surface area contributed by atoms with Crippen molar-refractivity contribution in [3.8, 4) is 11.5 Å². The molecular weight excluding hydrogens is 208 g/mol. The molecule has 3 rings (SSSR count). The van der Waals surface area contributed by atoms with Crippen LogP contribution < -0.4 is 20.5 Å². The molecule has 0 saturated heterocycles. The van der Waals surface area contributed by atoms with Crippen molar-refractivity contribution in [2.24, 2.45) is 11.7 Å². The van der Waals surface area contributed by atoms with Crippen LogP contribution in [0.15, 0.2) is 12.1 Å². The summed E-state index contributed by atoms with van der Waals surface area (Å²) in [6.07, 6.45) is 0.661. The van der Waals surface area contributed by atoms with Crippen molar-refractivity contribution in [2.45, 2.75) is 6.42 Å². The number of benzene rings is 1. The number of carbonyl (C=O) groups excluding carboxylic acids is 1. The van der Waals surface area contributed by atoms with E-state index in [-0.39, 0.29) is 18.6 Å². The molecule has 0 bridgehead atoms. The normalized spacial score (nSPS) is 21.6. The summed E-state index contributed by atoms with van der Waals surface area (Å²) >= 11 is 0. The lowest BCUT2D eigenvalue weighted by Gasteiger charge is -2.23. The Morgan fingerprint density at radius 3 is 2.88 bits per heavy atom. The van der Waals surface area contributed by atoms with Crippen LogP contribution >= 0.6 is 0 Å². The summed E-state index contributed by atoms with van der Waals surface area (Å²) in [6, 6.07) is 3.72. The second-order valence-corrected chi connectivity index (χ2v) is 3.99. The van der Waals surface area contributed by atoms with Gasteiger partial charge < -0.3 is 20.5 Å². The highest BCUT2D eigenvalue weighted by molar-refractivity contribution is 5.96. The summed E-state index contributed by atoms with van der Waals surface area (Å²) in [7, 11) is 0. The van der Waals surface area contributed by atoms with Gasteiger partial charge in [0.1, 0.15) is 0 Å². The number of anilines is 1. The lowest BCUT2D eigenvalue weighted by Crippen LogP contribution is -2.34. The molecule has 5 nitrogen and oxygen atoms in total. The average Bonchev–Trinajstić information content (AvgIpc) is 2.72. The minimum Gasteiger partial charge on any atom is -0.454 e. The van der Waals surface area contributed by atoms with Gasteiger partial charge in [-0.15, -0.1) is 0 Å². The molecular formula is C11H12N2O3. The molecule has 1 aromatic rings. The van der Waals surface area contributed by atoms with E-state index in [2.05, 4.69) is 5.32 Å². The highest BCUT2D eigenvalue weighted by Gasteiger charge is 2.27. The Morgan fingerprint density at radius 2 is 2.12 bits per heavy atom. The fourth-order valence-corrected chi connectivity index (χ4v) is 2.05. The van der Waals surface area contributed by atoms with Crippen LogP contribution in [0.1, 0.15) is 5.56 Å². The summed E-state index contributed by atoms with van der Waals surface area (Å²) in [6.45, 7) is 0.603. The second kappa shape index (κ2) is 3.38. The Bertz CT molecular complexity index is 459.